The third-order valence-electron chi connectivity index (χ3n) is 4.84. The van der Waals surface area contributed by atoms with E-state index in [1.165, 1.54) is 0 Å². The molecule has 1 aliphatic carbocycles. The van der Waals surface area contributed by atoms with E-state index in [0.717, 1.165) is 31.2 Å². The van der Waals surface area contributed by atoms with Gasteiger partial charge in [0.05, 0.1) is 14.2 Å². The molecule has 26 heavy (non-hydrogen) atoms. The third kappa shape index (κ3) is 3.98. The summed E-state index contributed by atoms with van der Waals surface area (Å²) >= 11 is 0. The van der Waals surface area contributed by atoms with Gasteiger partial charge in [0.1, 0.15) is 17.0 Å². The van der Waals surface area contributed by atoms with Crippen molar-refractivity contribution >= 4 is 5.91 Å². The maximum atomic E-state index is 12.6. The molecule has 1 N–H and O–H groups in total. The summed E-state index contributed by atoms with van der Waals surface area (Å²) in [6.45, 7) is 1.76. The monoisotopic (exact) mass is 359 g/mol. The van der Waals surface area contributed by atoms with Crippen LogP contribution in [-0.4, -0.2) is 30.3 Å². The lowest BCUT2D eigenvalue weighted by molar-refractivity contribution is -0.123. The van der Waals surface area contributed by atoms with Crippen LogP contribution in [0.1, 0.15) is 49.4 Å². The normalized spacial score (nSPS) is 15.7. The largest absolute Gasteiger partial charge is 0.497 e. The van der Waals surface area contributed by atoms with Gasteiger partial charge >= 0.3 is 0 Å². The zero-order valence-corrected chi connectivity index (χ0v) is 15.5. The van der Waals surface area contributed by atoms with Gasteiger partial charge in [0, 0.05) is 19.4 Å². The number of aryl methyl sites for hydroxylation is 2. The number of rotatable bonds is 7. The van der Waals surface area contributed by atoms with Crippen molar-refractivity contribution in [3.8, 4) is 11.5 Å². The first-order valence-corrected chi connectivity index (χ1v) is 8.88. The molecule has 7 heteroatoms. The fourth-order valence-corrected chi connectivity index (χ4v) is 3.47. The summed E-state index contributed by atoms with van der Waals surface area (Å²) < 4.78 is 15.7. The minimum absolute atomic E-state index is 0.0175. The van der Waals surface area contributed by atoms with E-state index in [1.807, 2.05) is 18.2 Å². The second kappa shape index (κ2) is 7.76. The molecule has 0 aliphatic heterocycles. The number of ether oxygens (including phenoxy) is 2. The van der Waals surface area contributed by atoms with Gasteiger partial charge < -0.3 is 19.3 Å². The Kier molecular flexibility index (Phi) is 5.44. The fraction of sp³-hybridized carbons (Fsp3) is 0.526. The number of nitrogens with one attached hydrogen (secondary N) is 1. The third-order valence-corrected chi connectivity index (χ3v) is 4.84. The fourth-order valence-electron chi connectivity index (χ4n) is 3.47. The Morgan fingerprint density at radius 2 is 1.85 bits per heavy atom. The van der Waals surface area contributed by atoms with Crippen LogP contribution in [0, 0.1) is 6.92 Å². The van der Waals surface area contributed by atoms with E-state index < -0.39 is 5.54 Å². The lowest BCUT2D eigenvalue weighted by atomic mass is 9.96. The highest BCUT2D eigenvalue weighted by Gasteiger charge is 2.41. The van der Waals surface area contributed by atoms with Crippen LogP contribution in [0.4, 0.5) is 0 Å². The van der Waals surface area contributed by atoms with Crippen LogP contribution in [0.2, 0.25) is 0 Å². The minimum Gasteiger partial charge on any atom is -0.497 e. The number of carbonyl (C=O) groups excluding carboxylic acids is 1. The van der Waals surface area contributed by atoms with Crippen LogP contribution < -0.4 is 14.8 Å². The Hall–Kier alpha value is -2.57. The van der Waals surface area contributed by atoms with Crippen molar-refractivity contribution in [3.05, 3.63) is 35.5 Å². The number of aromatic nitrogens is 2. The number of hydrogen-bond acceptors (Lipinski definition) is 6. The first-order chi connectivity index (χ1) is 12.5. The number of amides is 1. The Balaban J connectivity index is 1.66. The zero-order chi connectivity index (χ0) is 18.6. The lowest BCUT2D eigenvalue weighted by Crippen LogP contribution is -2.44. The molecule has 0 spiro atoms. The molecule has 0 saturated heterocycles. The quantitative estimate of drug-likeness (QED) is 0.818. The van der Waals surface area contributed by atoms with Gasteiger partial charge in [0.2, 0.25) is 11.8 Å². The molecule has 0 bridgehead atoms. The van der Waals surface area contributed by atoms with Gasteiger partial charge in [0.15, 0.2) is 5.82 Å². The Bertz CT molecular complexity index is 744. The predicted octanol–water partition coefficient (Wildman–Crippen LogP) is 2.91. The van der Waals surface area contributed by atoms with Crippen molar-refractivity contribution in [2.45, 2.75) is 51.0 Å². The number of benzene rings is 1. The Morgan fingerprint density at radius 3 is 2.38 bits per heavy atom. The van der Waals surface area contributed by atoms with Gasteiger partial charge in [-0.2, -0.15) is 4.98 Å². The average Bonchev–Trinajstić information content (AvgIpc) is 3.29. The molecule has 7 nitrogen and oxygen atoms in total. The molecule has 1 fully saturated rings. The second-order valence-corrected chi connectivity index (χ2v) is 6.70. The van der Waals surface area contributed by atoms with Gasteiger partial charge in [-0.1, -0.05) is 18.0 Å². The topological polar surface area (TPSA) is 86.5 Å². The van der Waals surface area contributed by atoms with Gasteiger partial charge in [-0.05, 0) is 37.0 Å². The second-order valence-electron chi connectivity index (χ2n) is 6.70. The summed E-state index contributed by atoms with van der Waals surface area (Å²) in [6.07, 6.45) is 4.73. The molecule has 2 aromatic rings. The van der Waals surface area contributed by atoms with Crippen molar-refractivity contribution in [3.63, 3.8) is 0 Å². The van der Waals surface area contributed by atoms with Gasteiger partial charge in [-0.25, -0.2) is 0 Å². The Labute approximate surface area is 153 Å². The maximum absolute atomic E-state index is 12.6. The molecule has 0 atom stereocenters. The molecule has 1 heterocycles. The molecule has 0 unspecified atom stereocenters. The first-order valence-electron chi connectivity index (χ1n) is 8.88. The van der Waals surface area contributed by atoms with Crippen molar-refractivity contribution in [1.82, 2.24) is 15.5 Å². The van der Waals surface area contributed by atoms with E-state index in [0.29, 0.717) is 36.1 Å². The van der Waals surface area contributed by atoms with E-state index in [4.69, 9.17) is 14.0 Å². The molecule has 0 radical (unpaired) electrons. The number of carbonyl (C=O) groups is 1. The van der Waals surface area contributed by atoms with Gasteiger partial charge in [-0.15, -0.1) is 0 Å². The average molecular weight is 359 g/mol. The van der Waals surface area contributed by atoms with Crippen LogP contribution in [-0.2, 0) is 16.8 Å². The highest BCUT2D eigenvalue weighted by molar-refractivity contribution is 5.77. The van der Waals surface area contributed by atoms with Gasteiger partial charge in [-0.3, -0.25) is 4.79 Å². The summed E-state index contributed by atoms with van der Waals surface area (Å²) in [5, 5.41) is 7.22. The molecule has 3 rings (SSSR count). The SMILES string of the molecule is COc1cc(CCC(=O)NC2(c3noc(C)n3)CCCC2)cc(OC)c1. The zero-order valence-electron chi connectivity index (χ0n) is 15.5. The number of nitrogens with zero attached hydrogens (tertiary/aromatic N) is 2. The number of hydrogen-bond donors (Lipinski definition) is 1. The molecule has 1 aliphatic rings. The summed E-state index contributed by atoms with van der Waals surface area (Å²) in [5.41, 5.74) is 0.494. The highest BCUT2D eigenvalue weighted by atomic mass is 16.5. The summed E-state index contributed by atoms with van der Waals surface area (Å²) in [7, 11) is 3.23. The van der Waals surface area contributed by atoms with E-state index in [1.54, 1.807) is 21.1 Å². The smallest absolute Gasteiger partial charge is 0.223 e. The summed E-state index contributed by atoms with van der Waals surface area (Å²) in [4.78, 5) is 17.0. The van der Waals surface area contributed by atoms with Crippen LogP contribution in [0.15, 0.2) is 22.7 Å². The van der Waals surface area contributed by atoms with Crippen molar-refractivity contribution in [2.75, 3.05) is 14.2 Å². The molecule has 140 valence electrons. The van der Waals surface area contributed by atoms with Crippen LogP contribution >= 0.6 is 0 Å². The van der Waals surface area contributed by atoms with Crippen molar-refractivity contribution in [1.29, 1.82) is 0 Å². The van der Waals surface area contributed by atoms with Gasteiger partial charge in [0.25, 0.3) is 0 Å². The van der Waals surface area contributed by atoms with Crippen LogP contribution in [0.3, 0.4) is 0 Å². The van der Waals surface area contributed by atoms with E-state index in [9.17, 15) is 4.79 Å². The molecule has 1 aromatic heterocycles. The van der Waals surface area contributed by atoms with Crippen molar-refractivity contribution < 1.29 is 18.8 Å². The lowest BCUT2D eigenvalue weighted by Gasteiger charge is -2.26. The standard InChI is InChI=1S/C19H25N3O4/c1-13-20-18(22-26-13)19(8-4-5-9-19)21-17(23)7-6-14-10-15(24-2)12-16(11-14)25-3/h10-12H,4-9H2,1-3H3,(H,21,23). The number of methoxy groups -OCH3 is 2. The van der Waals surface area contributed by atoms with E-state index in [2.05, 4.69) is 15.5 Å². The summed E-state index contributed by atoms with van der Waals surface area (Å²) in [6, 6.07) is 5.66. The maximum Gasteiger partial charge on any atom is 0.223 e. The Morgan fingerprint density at radius 1 is 1.19 bits per heavy atom. The van der Waals surface area contributed by atoms with E-state index in [-0.39, 0.29) is 5.91 Å². The first kappa shape index (κ1) is 18.2. The molecular formula is C19H25N3O4. The van der Waals surface area contributed by atoms with E-state index >= 15 is 0 Å². The predicted molar refractivity (Wildman–Crippen MR) is 95.2 cm³/mol. The highest BCUT2D eigenvalue weighted by Crippen LogP contribution is 2.37. The summed E-state index contributed by atoms with van der Waals surface area (Å²) in [5.74, 6) is 2.52. The molecule has 1 aromatic carbocycles. The minimum atomic E-state index is -0.499. The van der Waals surface area contributed by atoms with Crippen molar-refractivity contribution in [2.24, 2.45) is 0 Å². The molecule has 1 amide bonds. The molecular weight excluding hydrogens is 334 g/mol. The van der Waals surface area contributed by atoms with Crippen LogP contribution in [0.5, 0.6) is 11.5 Å². The van der Waals surface area contributed by atoms with Crippen LogP contribution in [0.25, 0.3) is 0 Å². The molecule has 1 saturated carbocycles.